The lowest BCUT2D eigenvalue weighted by Crippen LogP contribution is -2.17. The van der Waals surface area contributed by atoms with E-state index >= 15 is 0 Å². The molecular weight excluding hydrogens is 322 g/mol. The topological polar surface area (TPSA) is 55.9 Å². The van der Waals surface area contributed by atoms with Gasteiger partial charge in [-0.3, -0.25) is 0 Å². The number of hydrogen-bond donors (Lipinski definition) is 0. The zero-order valence-electron chi connectivity index (χ0n) is 12.5. The van der Waals surface area contributed by atoms with Crippen molar-refractivity contribution in [1.29, 1.82) is 0 Å². The average Bonchev–Trinajstić information content (AvgIpc) is 2.87. The lowest BCUT2D eigenvalue weighted by atomic mass is 10.1. The molecule has 1 aromatic carbocycles. The van der Waals surface area contributed by atoms with Crippen LogP contribution in [0.25, 0.3) is 0 Å². The van der Waals surface area contributed by atoms with Crippen molar-refractivity contribution >= 4 is 34.6 Å². The molecule has 22 heavy (non-hydrogen) atoms. The van der Waals surface area contributed by atoms with Gasteiger partial charge in [0.15, 0.2) is 0 Å². The summed E-state index contributed by atoms with van der Waals surface area (Å²) in [5.41, 5.74) is 2.17. The minimum absolute atomic E-state index is 0.342. The molecule has 0 saturated carbocycles. The van der Waals surface area contributed by atoms with Crippen LogP contribution < -0.4 is 4.80 Å². The normalized spacial score (nSPS) is 12.5. The molecule has 0 radical (unpaired) electrons. The van der Waals surface area contributed by atoms with E-state index < -0.39 is 0 Å². The van der Waals surface area contributed by atoms with E-state index in [1.54, 1.807) is 36.1 Å². The van der Waals surface area contributed by atoms with Crippen molar-refractivity contribution in [2.75, 3.05) is 6.61 Å². The third-order valence-electron chi connectivity index (χ3n) is 2.96. The van der Waals surface area contributed by atoms with Crippen LogP contribution >= 0.6 is 22.9 Å². The highest BCUT2D eigenvalue weighted by atomic mass is 35.5. The Kier molecular flexibility index (Phi) is 5.51. The van der Waals surface area contributed by atoms with E-state index in [0.29, 0.717) is 22.1 Å². The minimum atomic E-state index is -0.360. The first-order chi connectivity index (χ1) is 10.5. The first kappa shape index (κ1) is 16.5. The second-order valence-corrected chi connectivity index (χ2v) is 5.75. The van der Waals surface area contributed by atoms with E-state index in [-0.39, 0.29) is 5.97 Å². The Morgan fingerprint density at radius 2 is 2.05 bits per heavy atom. The Labute approximate surface area is 137 Å². The van der Waals surface area contributed by atoms with Crippen molar-refractivity contribution in [3.63, 3.8) is 0 Å². The maximum atomic E-state index is 11.7. The van der Waals surface area contributed by atoms with Crippen molar-refractivity contribution in [1.82, 2.24) is 4.57 Å². The molecule has 0 fully saturated rings. The highest BCUT2D eigenvalue weighted by Gasteiger charge is 2.11. The monoisotopic (exact) mass is 337 g/mol. The summed E-state index contributed by atoms with van der Waals surface area (Å²) in [6, 6.07) is 7.38. The summed E-state index contributed by atoms with van der Waals surface area (Å²) in [5.74, 6) is -0.360. The standard InChI is InChI=1S/C15H16ClN3O2S/c1-4-21-14(20)13-9-22-15(19(13)3)18-17-10(2)11-5-7-12(16)8-6-11/h5-9H,4H2,1-3H3/b17-10-,18-15-. The highest BCUT2D eigenvalue weighted by Crippen LogP contribution is 2.10. The van der Waals surface area contributed by atoms with Crippen LogP contribution in [0.5, 0.6) is 0 Å². The van der Waals surface area contributed by atoms with Crippen LogP contribution in [0.2, 0.25) is 5.02 Å². The summed E-state index contributed by atoms with van der Waals surface area (Å²) in [6.45, 7) is 3.98. The van der Waals surface area contributed by atoms with E-state index in [1.165, 1.54) is 11.3 Å². The zero-order chi connectivity index (χ0) is 16.1. The molecule has 2 rings (SSSR count). The van der Waals surface area contributed by atoms with Gasteiger partial charge < -0.3 is 9.30 Å². The second kappa shape index (κ2) is 7.38. The van der Waals surface area contributed by atoms with Gasteiger partial charge in [-0.2, -0.15) is 5.10 Å². The molecule has 5 nitrogen and oxygen atoms in total. The molecule has 0 atom stereocenters. The maximum Gasteiger partial charge on any atom is 0.355 e. The smallest absolute Gasteiger partial charge is 0.355 e. The van der Waals surface area contributed by atoms with Crippen LogP contribution in [0, 0.1) is 0 Å². The highest BCUT2D eigenvalue weighted by molar-refractivity contribution is 7.07. The van der Waals surface area contributed by atoms with Crippen LogP contribution in [0.15, 0.2) is 39.8 Å². The van der Waals surface area contributed by atoms with Gasteiger partial charge in [0.1, 0.15) is 5.69 Å². The third-order valence-corrected chi connectivity index (χ3v) is 4.12. The van der Waals surface area contributed by atoms with Crippen molar-refractivity contribution in [3.05, 3.63) is 50.7 Å². The molecule has 1 aromatic heterocycles. The average molecular weight is 338 g/mol. The van der Waals surface area contributed by atoms with E-state index in [4.69, 9.17) is 16.3 Å². The van der Waals surface area contributed by atoms with Crippen LogP contribution in [0.1, 0.15) is 29.9 Å². The number of rotatable bonds is 4. The zero-order valence-corrected chi connectivity index (χ0v) is 14.1. The fourth-order valence-electron chi connectivity index (χ4n) is 1.72. The predicted octanol–water partition coefficient (Wildman–Crippen LogP) is 3.24. The lowest BCUT2D eigenvalue weighted by molar-refractivity contribution is 0.0515. The van der Waals surface area contributed by atoms with Crippen molar-refractivity contribution in [2.45, 2.75) is 13.8 Å². The molecule has 0 N–H and O–H groups in total. The number of aromatic nitrogens is 1. The number of ether oxygens (including phenoxy) is 1. The van der Waals surface area contributed by atoms with Gasteiger partial charge in [0.05, 0.1) is 12.3 Å². The molecule has 0 bridgehead atoms. The van der Waals surface area contributed by atoms with E-state index in [0.717, 1.165) is 11.3 Å². The van der Waals surface area contributed by atoms with E-state index in [9.17, 15) is 4.79 Å². The number of esters is 1. The molecule has 1 heterocycles. The number of halogens is 1. The SMILES string of the molecule is CCOC(=O)c1cs/c(=N\N=C(\C)c2ccc(Cl)cc2)n1C. The van der Waals surface area contributed by atoms with Gasteiger partial charge >= 0.3 is 5.97 Å². The van der Waals surface area contributed by atoms with Crippen LogP contribution in [0.4, 0.5) is 0 Å². The summed E-state index contributed by atoms with van der Waals surface area (Å²) >= 11 is 7.20. The van der Waals surface area contributed by atoms with Gasteiger partial charge in [0, 0.05) is 17.5 Å². The van der Waals surface area contributed by atoms with E-state index in [1.807, 2.05) is 19.1 Å². The summed E-state index contributed by atoms with van der Waals surface area (Å²) in [4.78, 5) is 12.4. The van der Waals surface area contributed by atoms with Gasteiger partial charge in [-0.15, -0.1) is 16.4 Å². The molecule has 0 spiro atoms. The summed E-state index contributed by atoms with van der Waals surface area (Å²) in [5, 5.41) is 10.8. The minimum Gasteiger partial charge on any atom is -0.461 e. The van der Waals surface area contributed by atoms with Crippen molar-refractivity contribution in [3.8, 4) is 0 Å². The van der Waals surface area contributed by atoms with Crippen LogP contribution in [-0.4, -0.2) is 22.9 Å². The Bertz CT molecular complexity index is 760. The maximum absolute atomic E-state index is 11.7. The molecule has 0 aliphatic carbocycles. The Morgan fingerprint density at radius 1 is 1.36 bits per heavy atom. The van der Waals surface area contributed by atoms with Gasteiger partial charge in [-0.1, -0.05) is 23.7 Å². The fraction of sp³-hybridized carbons (Fsp3) is 0.267. The third kappa shape index (κ3) is 3.84. The van der Waals surface area contributed by atoms with E-state index in [2.05, 4.69) is 10.2 Å². The summed E-state index contributed by atoms with van der Waals surface area (Å²) < 4.78 is 6.65. The quantitative estimate of drug-likeness (QED) is 0.488. The molecule has 116 valence electrons. The van der Waals surface area contributed by atoms with Crippen LogP contribution in [-0.2, 0) is 11.8 Å². The number of hydrogen-bond acceptors (Lipinski definition) is 5. The molecule has 0 saturated heterocycles. The molecule has 0 unspecified atom stereocenters. The molecule has 0 amide bonds. The van der Waals surface area contributed by atoms with Crippen LogP contribution in [0.3, 0.4) is 0 Å². The largest absolute Gasteiger partial charge is 0.461 e. The van der Waals surface area contributed by atoms with Crippen molar-refractivity contribution < 1.29 is 9.53 Å². The number of carbonyl (C=O) groups is 1. The Balaban J connectivity index is 2.28. The van der Waals surface area contributed by atoms with Gasteiger partial charge in [-0.25, -0.2) is 4.79 Å². The van der Waals surface area contributed by atoms with Crippen molar-refractivity contribution in [2.24, 2.45) is 17.3 Å². The van der Waals surface area contributed by atoms with Gasteiger partial charge in [-0.05, 0) is 31.5 Å². The first-order valence-electron chi connectivity index (χ1n) is 6.68. The number of carbonyl (C=O) groups excluding carboxylic acids is 1. The molecule has 0 aliphatic rings. The number of thiazole rings is 1. The fourth-order valence-corrected chi connectivity index (χ4v) is 2.66. The number of nitrogens with zero attached hydrogens (tertiary/aromatic N) is 3. The Morgan fingerprint density at radius 3 is 2.68 bits per heavy atom. The molecular formula is C15H16ClN3O2S. The van der Waals surface area contributed by atoms with Gasteiger partial charge in [0.25, 0.3) is 0 Å². The summed E-state index contributed by atoms with van der Waals surface area (Å²) in [6.07, 6.45) is 0. The van der Waals surface area contributed by atoms with Gasteiger partial charge in [0.2, 0.25) is 4.80 Å². The first-order valence-corrected chi connectivity index (χ1v) is 7.94. The molecule has 2 aromatic rings. The molecule has 0 aliphatic heterocycles. The lowest BCUT2D eigenvalue weighted by Gasteiger charge is -2.01. The molecule has 7 heteroatoms. The predicted molar refractivity (Wildman–Crippen MR) is 88.5 cm³/mol. The summed E-state index contributed by atoms with van der Waals surface area (Å²) in [7, 11) is 1.76. The Hall–Kier alpha value is -1.92. The number of benzene rings is 1. The second-order valence-electron chi connectivity index (χ2n) is 4.48.